The summed E-state index contributed by atoms with van der Waals surface area (Å²) in [7, 11) is 0. The van der Waals surface area contributed by atoms with Crippen molar-refractivity contribution in [2.24, 2.45) is 0 Å². The number of nitrogens with zero attached hydrogens (tertiary/aromatic N) is 1. The van der Waals surface area contributed by atoms with E-state index in [4.69, 9.17) is 9.63 Å². The Balaban J connectivity index is 2.22. The van der Waals surface area contributed by atoms with E-state index in [1.165, 1.54) is 5.56 Å². The molecule has 0 spiro atoms. The molecular weight excluding hydrogens is 214 g/mol. The molecule has 1 aromatic heterocycles. The van der Waals surface area contributed by atoms with Gasteiger partial charge in [-0.25, -0.2) is 0 Å². The van der Waals surface area contributed by atoms with Gasteiger partial charge in [0.1, 0.15) is 12.3 Å². The fraction of sp³-hybridized carbons (Fsp3) is 0.357. The highest BCUT2D eigenvalue weighted by Gasteiger charge is 2.07. The topological polar surface area (TPSA) is 46.3 Å². The van der Waals surface area contributed by atoms with Crippen molar-refractivity contribution in [3.8, 4) is 11.3 Å². The molecule has 2 aromatic rings. The maximum atomic E-state index is 8.91. The third-order valence-corrected chi connectivity index (χ3v) is 3.10. The molecule has 0 amide bonds. The third kappa shape index (κ3) is 2.56. The molecule has 0 aliphatic heterocycles. The number of aliphatic hydroxyl groups is 1. The van der Waals surface area contributed by atoms with E-state index < -0.39 is 0 Å². The monoisotopic (exact) mass is 231 g/mol. The molecule has 0 radical (unpaired) electrons. The van der Waals surface area contributed by atoms with E-state index in [9.17, 15) is 0 Å². The molecule has 0 bridgehead atoms. The van der Waals surface area contributed by atoms with Crippen LogP contribution in [0.1, 0.15) is 37.5 Å². The van der Waals surface area contributed by atoms with Crippen molar-refractivity contribution in [2.45, 2.75) is 32.8 Å². The maximum absolute atomic E-state index is 8.91. The summed E-state index contributed by atoms with van der Waals surface area (Å²) in [6, 6.07) is 10.1. The van der Waals surface area contributed by atoms with E-state index in [2.05, 4.69) is 31.1 Å². The number of aromatic nitrogens is 1. The molecule has 2 rings (SSSR count). The Labute approximate surface area is 101 Å². The summed E-state index contributed by atoms with van der Waals surface area (Å²) in [5.74, 6) is 1.07. The average molecular weight is 231 g/mol. The van der Waals surface area contributed by atoms with Gasteiger partial charge in [0.2, 0.25) is 0 Å². The molecule has 1 aromatic carbocycles. The molecule has 1 atom stereocenters. The van der Waals surface area contributed by atoms with E-state index in [-0.39, 0.29) is 6.61 Å². The molecule has 3 heteroatoms. The second-order valence-electron chi connectivity index (χ2n) is 4.27. The third-order valence-electron chi connectivity index (χ3n) is 3.10. The zero-order valence-corrected chi connectivity index (χ0v) is 10.2. The van der Waals surface area contributed by atoms with Crippen LogP contribution in [0.4, 0.5) is 0 Å². The maximum Gasteiger partial charge on any atom is 0.162 e. The number of hydrogen-bond acceptors (Lipinski definition) is 3. The predicted octanol–water partition coefficient (Wildman–Crippen LogP) is 3.35. The molecule has 90 valence electrons. The SMILES string of the molecule is CCC(C)c1ccc(-c2cc(CO)on2)cc1. The van der Waals surface area contributed by atoms with Gasteiger partial charge in [0, 0.05) is 11.6 Å². The molecule has 0 fully saturated rings. The fourth-order valence-corrected chi connectivity index (χ4v) is 1.74. The highest BCUT2D eigenvalue weighted by Crippen LogP contribution is 2.24. The second kappa shape index (κ2) is 5.15. The zero-order valence-electron chi connectivity index (χ0n) is 10.2. The van der Waals surface area contributed by atoms with Gasteiger partial charge in [-0.05, 0) is 17.9 Å². The van der Waals surface area contributed by atoms with Crippen LogP contribution in [-0.2, 0) is 6.61 Å². The van der Waals surface area contributed by atoms with Crippen molar-refractivity contribution >= 4 is 0 Å². The lowest BCUT2D eigenvalue weighted by Crippen LogP contribution is -1.90. The first-order chi connectivity index (χ1) is 8.24. The van der Waals surface area contributed by atoms with Crippen LogP contribution in [0.2, 0.25) is 0 Å². The van der Waals surface area contributed by atoms with Crippen LogP contribution in [0.3, 0.4) is 0 Å². The van der Waals surface area contributed by atoms with Crippen LogP contribution in [0.25, 0.3) is 11.3 Å². The lowest BCUT2D eigenvalue weighted by atomic mass is 9.97. The van der Waals surface area contributed by atoms with E-state index in [1.54, 1.807) is 6.07 Å². The largest absolute Gasteiger partial charge is 0.388 e. The van der Waals surface area contributed by atoms with Crippen LogP contribution >= 0.6 is 0 Å². The van der Waals surface area contributed by atoms with Gasteiger partial charge in [-0.3, -0.25) is 0 Å². The first-order valence-electron chi connectivity index (χ1n) is 5.91. The van der Waals surface area contributed by atoms with Crippen molar-refractivity contribution in [2.75, 3.05) is 0 Å². The summed E-state index contributed by atoms with van der Waals surface area (Å²) in [4.78, 5) is 0. The molecule has 1 N–H and O–H groups in total. The van der Waals surface area contributed by atoms with Crippen LogP contribution < -0.4 is 0 Å². The first-order valence-corrected chi connectivity index (χ1v) is 5.91. The van der Waals surface area contributed by atoms with Crippen molar-refractivity contribution in [3.05, 3.63) is 41.7 Å². The van der Waals surface area contributed by atoms with Crippen molar-refractivity contribution in [3.63, 3.8) is 0 Å². The molecule has 3 nitrogen and oxygen atoms in total. The number of rotatable bonds is 4. The Hall–Kier alpha value is -1.61. The van der Waals surface area contributed by atoms with E-state index >= 15 is 0 Å². The van der Waals surface area contributed by atoms with Gasteiger partial charge in [0.25, 0.3) is 0 Å². The van der Waals surface area contributed by atoms with Crippen LogP contribution in [0, 0.1) is 0 Å². The van der Waals surface area contributed by atoms with E-state index in [0.717, 1.165) is 17.7 Å². The summed E-state index contributed by atoms with van der Waals surface area (Å²) >= 11 is 0. The highest BCUT2D eigenvalue weighted by atomic mass is 16.5. The molecule has 0 saturated heterocycles. The standard InChI is InChI=1S/C14H17NO2/c1-3-10(2)11-4-6-12(7-5-11)14-8-13(9-16)17-15-14/h4-8,10,16H,3,9H2,1-2H3. The Morgan fingerprint density at radius 1 is 1.29 bits per heavy atom. The Kier molecular flexibility index (Phi) is 3.59. The minimum Gasteiger partial charge on any atom is -0.388 e. The Bertz CT molecular complexity index is 473. The van der Waals surface area contributed by atoms with Gasteiger partial charge >= 0.3 is 0 Å². The minimum atomic E-state index is -0.113. The molecule has 0 aliphatic rings. The van der Waals surface area contributed by atoms with Gasteiger partial charge in [-0.15, -0.1) is 0 Å². The highest BCUT2D eigenvalue weighted by molar-refractivity contribution is 5.59. The molecule has 0 aliphatic carbocycles. The predicted molar refractivity (Wildman–Crippen MR) is 66.6 cm³/mol. The molecule has 17 heavy (non-hydrogen) atoms. The quantitative estimate of drug-likeness (QED) is 0.877. The van der Waals surface area contributed by atoms with Crippen LogP contribution in [0.15, 0.2) is 34.9 Å². The van der Waals surface area contributed by atoms with E-state index in [1.807, 2.05) is 12.1 Å². The fourth-order valence-electron chi connectivity index (χ4n) is 1.74. The number of benzene rings is 1. The second-order valence-corrected chi connectivity index (χ2v) is 4.27. The van der Waals surface area contributed by atoms with Crippen molar-refractivity contribution in [1.82, 2.24) is 5.16 Å². The smallest absolute Gasteiger partial charge is 0.162 e. The number of hydrogen-bond donors (Lipinski definition) is 1. The Morgan fingerprint density at radius 2 is 2.00 bits per heavy atom. The van der Waals surface area contributed by atoms with Crippen molar-refractivity contribution < 1.29 is 9.63 Å². The minimum absolute atomic E-state index is 0.113. The Morgan fingerprint density at radius 3 is 2.53 bits per heavy atom. The summed E-state index contributed by atoms with van der Waals surface area (Å²) < 4.78 is 4.97. The normalized spacial score (nSPS) is 12.6. The summed E-state index contributed by atoms with van der Waals surface area (Å²) in [6.45, 7) is 4.29. The molecule has 0 saturated carbocycles. The van der Waals surface area contributed by atoms with E-state index in [0.29, 0.717) is 11.7 Å². The van der Waals surface area contributed by atoms with Gasteiger partial charge in [-0.1, -0.05) is 43.3 Å². The number of aliphatic hydroxyl groups excluding tert-OH is 1. The first kappa shape index (κ1) is 11.9. The van der Waals surface area contributed by atoms with Gasteiger partial charge < -0.3 is 9.63 Å². The van der Waals surface area contributed by atoms with Gasteiger partial charge in [0.05, 0.1) is 0 Å². The summed E-state index contributed by atoms with van der Waals surface area (Å²) in [6.07, 6.45) is 1.14. The molecule has 1 heterocycles. The lowest BCUT2D eigenvalue weighted by molar-refractivity contribution is 0.229. The molecular formula is C14H17NO2. The van der Waals surface area contributed by atoms with Crippen LogP contribution in [-0.4, -0.2) is 10.3 Å². The zero-order chi connectivity index (χ0) is 12.3. The van der Waals surface area contributed by atoms with Gasteiger partial charge in [0.15, 0.2) is 5.76 Å². The summed E-state index contributed by atoms with van der Waals surface area (Å²) in [5.41, 5.74) is 3.12. The summed E-state index contributed by atoms with van der Waals surface area (Å²) in [5, 5.41) is 12.8. The van der Waals surface area contributed by atoms with Gasteiger partial charge in [-0.2, -0.15) is 0 Å². The van der Waals surface area contributed by atoms with Crippen LogP contribution in [0.5, 0.6) is 0 Å². The van der Waals surface area contributed by atoms with Crippen molar-refractivity contribution in [1.29, 1.82) is 0 Å². The molecule has 1 unspecified atom stereocenters. The lowest BCUT2D eigenvalue weighted by Gasteiger charge is -2.08. The average Bonchev–Trinajstić information content (AvgIpc) is 2.87.